The van der Waals surface area contributed by atoms with Crippen LogP contribution in [0, 0.1) is 0 Å². The Morgan fingerprint density at radius 2 is 2.00 bits per heavy atom. The fourth-order valence-corrected chi connectivity index (χ4v) is 1.53. The van der Waals surface area contributed by atoms with Crippen molar-refractivity contribution in [2.24, 2.45) is 0 Å². The van der Waals surface area contributed by atoms with E-state index >= 15 is 0 Å². The van der Waals surface area contributed by atoms with E-state index in [2.05, 4.69) is 16.6 Å². The number of aliphatic hydroxyl groups excluding tert-OH is 1. The van der Waals surface area contributed by atoms with E-state index in [0.717, 1.165) is 5.56 Å². The van der Waals surface area contributed by atoms with Crippen LogP contribution < -0.4 is 5.32 Å². The summed E-state index contributed by atoms with van der Waals surface area (Å²) in [7, 11) is 1.21. The van der Waals surface area contributed by atoms with Gasteiger partial charge in [0.25, 0.3) is 0 Å². The third kappa shape index (κ3) is 6.09. The Morgan fingerprint density at radius 1 is 1.33 bits per heavy atom. The summed E-state index contributed by atoms with van der Waals surface area (Å²) in [6, 6.07) is 9.27. The second kappa shape index (κ2) is 8.76. The summed E-state index contributed by atoms with van der Waals surface area (Å²) < 4.78 is 9.43. The molecule has 0 saturated carbocycles. The van der Waals surface area contributed by atoms with Gasteiger partial charge in [-0.15, -0.1) is 0 Å². The SMILES string of the molecule is C=C(C(=O)OC)C(O)CCNC(=O)OCc1ccccc1. The number of nitrogens with one attached hydrogen (secondary N) is 1. The monoisotopic (exact) mass is 293 g/mol. The number of esters is 1. The predicted octanol–water partition coefficient (Wildman–Crippen LogP) is 1.39. The largest absolute Gasteiger partial charge is 0.466 e. The molecule has 0 aliphatic carbocycles. The van der Waals surface area contributed by atoms with Crippen molar-refractivity contribution in [2.75, 3.05) is 13.7 Å². The van der Waals surface area contributed by atoms with Crippen LogP contribution in [0.5, 0.6) is 0 Å². The van der Waals surface area contributed by atoms with Gasteiger partial charge in [0, 0.05) is 6.54 Å². The molecule has 0 heterocycles. The molecule has 6 nitrogen and oxygen atoms in total. The van der Waals surface area contributed by atoms with Gasteiger partial charge in [0.05, 0.1) is 18.8 Å². The van der Waals surface area contributed by atoms with Crippen LogP contribution in [0.3, 0.4) is 0 Å². The van der Waals surface area contributed by atoms with E-state index < -0.39 is 18.2 Å². The first-order valence-electron chi connectivity index (χ1n) is 6.44. The van der Waals surface area contributed by atoms with Crippen LogP contribution in [0.1, 0.15) is 12.0 Å². The molecule has 0 aromatic heterocycles. The smallest absolute Gasteiger partial charge is 0.407 e. The molecule has 0 fully saturated rings. The van der Waals surface area contributed by atoms with Gasteiger partial charge in [-0.1, -0.05) is 36.9 Å². The summed E-state index contributed by atoms with van der Waals surface area (Å²) in [4.78, 5) is 22.5. The highest BCUT2D eigenvalue weighted by atomic mass is 16.5. The molecule has 1 amide bonds. The van der Waals surface area contributed by atoms with Gasteiger partial charge in [-0.3, -0.25) is 0 Å². The molecule has 0 spiro atoms. The van der Waals surface area contributed by atoms with Gasteiger partial charge in [-0.05, 0) is 12.0 Å². The molecule has 1 rings (SSSR count). The van der Waals surface area contributed by atoms with Crippen molar-refractivity contribution in [3.8, 4) is 0 Å². The van der Waals surface area contributed by atoms with Crippen LogP contribution in [-0.4, -0.2) is 36.9 Å². The van der Waals surface area contributed by atoms with Gasteiger partial charge >= 0.3 is 12.1 Å². The van der Waals surface area contributed by atoms with E-state index in [-0.39, 0.29) is 25.1 Å². The molecule has 114 valence electrons. The standard InChI is InChI=1S/C15H19NO5/c1-11(14(18)20-2)13(17)8-9-16-15(19)21-10-12-6-4-3-5-7-12/h3-7,13,17H,1,8-10H2,2H3,(H,16,19). The number of carbonyl (C=O) groups is 2. The lowest BCUT2D eigenvalue weighted by Crippen LogP contribution is -2.29. The molecule has 0 bridgehead atoms. The van der Waals surface area contributed by atoms with Crippen LogP contribution in [0.25, 0.3) is 0 Å². The number of amides is 1. The van der Waals surface area contributed by atoms with E-state index in [1.807, 2.05) is 30.3 Å². The van der Waals surface area contributed by atoms with E-state index in [4.69, 9.17) is 4.74 Å². The third-order valence-electron chi connectivity index (χ3n) is 2.75. The number of benzene rings is 1. The van der Waals surface area contributed by atoms with Gasteiger partial charge < -0.3 is 19.9 Å². The Morgan fingerprint density at radius 3 is 2.62 bits per heavy atom. The molecule has 0 saturated heterocycles. The van der Waals surface area contributed by atoms with E-state index in [1.54, 1.807) is 0 Å². The summed E-state index contributed by atoms with van der Waals surface area (Å²) in [6.07, 6.45) is -1.50. The molecule has 1 aromatic rings. The Bertz CT molecular complexity index is 486. The summed E-state index contributed by atoms with van der Waals surface area (Å²) >= 11 is 0. The van der Waals surface area contributed by atoms with Crippen molar-refractivity contribution in [2.45, 2.75) is 19.1 Å². The first-order chi connectivity index (χ1) is 10.0. The Balaban J connectivity index is 2.21. The van der Waals surface area contributed by atoms with Crippen molar-refractivity contribution in [1.82, 2.24) is 5.32 Å². The number of hydrogen-bond donors (Lipinski definition) is 2. The molecule has 6 heteroatoms. The highest BCUT2D eigenvalue weighted by molar-refractivity contribution is 5.88. The van der Waals surface area contributed by atoms with E-state index in [1.165, 1.54) is 7.11 Å². The number of aliphatic hydroxyl groups is 1. The fourth-order valence-electron chi connectivity index (χ4n) is 1.53. The number of alkyl carbamates (subject to hydrolysis) is 1. The second-order valence-corrected chi connectivity index (χ2v) is 4.31. The Hall–Kier alpha value is -2.34. The topological polar surface area (TPSA) is 84.9 Å². The zero-order valence-electron chi connectivity index (χ0n) is 11.9. The van der Waals surface area contributed by atoms with Gasteiger partial charge in [0.15, 0.2) is 0 Å². The minimum Gasteiger partial charge on any atom is -0.466 e. The summed E-state index contributed by atoms with van der Waals surface area (Å²) in [5.74, 6) is -0.672. The first kappa shape index (κ1) is 16.7. The zero-order chi connectivity index (χ0) is 15.7. The van der Waals surface area contributed by atoms with Gasteiger partial charge in [0.1, 0.15) is 6.61 Å². The average molecular weight is 293 g/mol. The normalized spacial score (nSPS) is 11.3. The Labute approximate surface area is 123 Å². The molecule has 21 heavy (non-hydrogen) atoms. The second-order valence-electron chi connectivity index (χ2n) is 4.31. The first-order valence-corrected chi connectivity index (χ1v) is 6.44. The number of methoxy groups -OCH3 is 1. The molecule has 1 aromatic carbocycles. The predicted molar refractivity (Wildman–Crippen MR) is 76.4 cm³/mol. The molecule has 0 aliphatic heterocycles. The average Bonchev–Trinajstić information content (AvgIpc) is 2.52. The molecule has 0 aliphatic rings. The van der Waals surface area contributed by atoms with Crippen molar-refractivity contribution in [3.05, 3.63) is 48.0 Å². The van der Waals surface area contributed by atoms with Crippen LogP contribution in [0.4, 0.5) is 4.79 Å². The van der Waals surface area contributed by atoms with Crippen LogP contribution >= 0.6 is 0 Å². The maximum Gasteiger partial charge on any atom is 0.407 e. The maximum atomic E-state index is 11.4. The zero-order valence-corrected chi connectivity index (χ0v) is 11.9. The lowest BCUT2D eigenvalue weighted by atomic mass is 10.1. The lowest BCUT2D eigenvalue weighted by Gasteiger charge is -2.12. The molecular weight excluding hydrogens is 274 g/mol. The van der Waals surface area contributed by atoms with Gasteiger partial charge in [-0.2, -0.15) is 0 Å². The molecule has 0 radical (unpaired) electrons. The number of hydrogen-bond acceptors (Lipinski definition) is 5. The minimum atomic E-state index is -1.06. The molecular formula is C15H19NO5. The van der Waals surface area contributed by atoms with E-state index in [9.17, 15) is 14.7 Å². The highest BCUT2D eigenvalue weighted by Gasteiger charge is 2.16. The van der Waals surface area contributed by atoms with Crippen molar-refractivity contribution >= 4 is 12.1 Å². The third-order valence-corrected chi connectivity index (χ3v) is 2.75. The quantitative estimate of drug-likeness (QED) is 0.586. The maximum absolute atomic E-state index is 11.4. The summed E-state index contributed by atoms with van der Waals surface area (Å²) in [6.45, 7) is 3.76. The lowest BCUT2D eigenvalue weighted by molar-refractivity contribution is -0.137. The Kier molecular flexibility index (Phi) is 6.97. The van der Waals surface area contributed by atoms with Gasteiger partial charge in [-0.25, -0.2) is 9.59 Å². The van der Waals surface area contributed by atoms with Crippen LogP contribution in [0.15, 0.2) is 42.5 Å². The molecule has 2 N–H and O–H groups in total. The molecule has 1 atom stereocenters. The number of carbonyl (C=O) groups excluding carboxylic acids is 2. The fraction of sp³-hybridized carbons (Fsp3) is 0.333. The number of ether oxygens (including phenoxy) is 2. The minimum absolute atomic E-state index is 0.0445. The van der Waals surface area contributed by atoms with Crippen LogP contribution in [0.2, 0.25) is 0 Å². The van der Waals surface area contributed by atoms with E-state index in [0.29, 0.717) is 0 Å². The van der Waals surface area contributed by atoms with Crippen molar-refractivity contribution < 1.29 is 24.2 Å². The molecule has 1 unspecified atom stereocenters. The summed E-state index contributed by atoms with van der Waals surface area (Å²) in [5.41, 5.74) is 0.837. The van der Waals surface area contributed by atoms with Gasteiger partial charge in [0.2, 0.25) is 0 Å². The van der Waals surface area contributed by atoms with Crippen LogP contribution in [-0.2, 0) is 20.9 Å². The van der Waals surface area contributed by atoms with Crippen molar-refractivity contribution in [1.29, 1.82) is 0 Å². The highest BCUT2D eigenvalue weighted by Crippen LogP contribution is 2.05. The number of rotatable bonds is 7. The summed E-state index contributed by atoms with van der Waals surface area (Å²) in [5, 5.41) is 12.1. The van der Waals surface area contributed by atoms with Crippen molar-refractivity contribution in [3.63, 3.8) is 0 Å².